The molecule has 0 unspecified atom stereocenters. The standard InChI is InChI=1S/C27H25N5O2S/c33-26-22-11-4-5-12-23(22)29-27(32(26)18-6-10-20-8-2-1-3-9-20)35-19-7-13-24-30-25(31-34-24)21-14-16-28-17-15-21/h1-5,8-9,11-12,14-17H,6-7,10,13,18-19H2. The van der Waals surface area contributed by atoms with E-state index in [2.05, 4.69) is 27.3 Å². The molecule has 3 heterocycles. The quantitative estimate of drug-likeness (QED) is 0.153. The number of pyridine rings is 1. The van der Waals surface area contributed by atoms with Gasteiger partial charge in [0, 0.05) is 36.7 Å². The van der Waals surface area contributed by atoms with Gasteiger partial charge < -0.3 is 4.52 Å². The highest BCUT2D eigenvalue weighted by Gasteiger charge is 2.13. The number of para-hydroxylation sites is 1. The summed E-state index contributed by atoms with van der Waals surface area (Å²) in [7, 11) is 0. The molecule has 3 aromatic heterocycles. The van der Waals surface area contributed by atoms with Gasteiger partial charge in [0.2, 0.25) is 11.7 Å². The van der Waals surface area contributed by atoms with Crippen LogP contribution in [0.25, 0.3) is 22.3 Å². The predicted octanol–water partition coefficient (Wildman–Crippen LogP) is 5.20. The topological polar surface area (TPSA) is 86.7 Å². The van der Waals surface area contributed by atoms with Crippen LogP contribution in [0.3, 0.4) is 0 Å². The minimum Gasteiger partial charge on any atom is -0.339 e. The fourth-order valence-corrected chi connectivity index (χ4v) is 4.87. The van der Waals surface area contributed by atoms with E-state index >= 15 is 0 Å². The maximum atomic E-state index is 13.3. The van der Waals surface area contributed by atoms with Gasteiger partial charge in [-0.05, 0) is 49.1 Å². The Morgan fingerprint density at radius 1 is 0.857 bits per heavy atom. The molecule has 0 atom stereocenters. The monoisotopic (exact) mass is 483 g/mol. The smallest absolute Gasteiger partial charge is 0.262 e. The maximum absolute atomic E-state index is 13.3. The molecule has 0 bridgehead atoms. The number of aromatic nitrogens is 5. The lowest BCUT2D eigenvalue weighted by atomic mass is 10.1. The average molecular weight is 484 g/mol. The van der Waals surface area contributed by atoms with Gasteiger partial charge in [-0.3, -0.25) is 14.3 Å². The predicted molar refractivity (Wildman–Crippen MR) is 137 cm³/mol. The van der Waals surface area contributed by atoms with E-state index in [0.717, 1.165) is 41.3 Å². The van der Waals surface area contributed by atoms with Gasteiger partial charge in [-0.15, -0.1) is 0 Å². The van der Waals surface area contributed by atoms with Crippen LogP contribution in [-0.2, 0) is 19.4 Å². The first-order chi connectivity index (χ1) is 17.3. The van der Waals surface area contributed by atoms with E-state index in [0.29, 0.717) is 30.1 Å². The summed E-state index contributed by atoms with van der Waals surface area (Å²) in [5, 5.41) is 5.48. The van der Waals surface area contributed by atoms with Crippen LogP contribution in [0.2, 0.25) is 0 Å². The molecule has 0 spiro atoms. The Bertz CT molecular complexity index is 1450. The Morgan fingerprint density at radius 2 is 1.66 bits per heavy atom. The van der Waals surface area contributed by atoms with Gasteiger partial charge in [0.25, 0.3) is 5.56 Å². The van der Waals surface area contributed by atoms with Crippen molar-refractivity contribution in [2.75, 3.05) is 5.75 Å². The fourth-order valence-electron chi connectivity index (χ4n) is 3.90. The third-order valence-electron chi connectivity index (χ3n) is 5.69. The zero-order valence-electron chi connectivity index (χ0n) is 19.2. The van der Waals surface area contributed by atoms with Crippen molar-refractivity contribution < 1.29 is 4.52 Å². The first-order valence-electron chi connectivity index (χ1n) is 11.7. The molecular weight excluding hydrogens is 458 g/mol. The molecule has 0 fully saturated rings. The van der Waals surface area contributed by atoms with Crippen LogP contribution in [0.15, 0.2) is 93.6 Å². The minimum absolute atomic E-state index is 0.0186. The molecule has 0 saturated carbocycles. The molecule has 8 heteroatoms. The van der Waals surface area contributed by atoms with Crippen LogP contribution in [0.5, 0.6) is 0 Å². The molecule has 5 rings (SSSR count). The van der Waals surface area contributed by atoms with E-state index in [9.17, 15) is 4.79 Å². The molecule has 5 aromatic rings. The summed E-state index contributed by atoms with van der Waals surface area (Å²) >= 11 is 1.60. The number of nitrogens with zero attached hydrogens (tertiary/aromatic N) is 5. The number of benzene rings is 2. The van der Waals surface area contributed by atoms with Crippen molar-refractivity contribution in [3.8, 4) is 11.4 Å². The number of hydrogen-bond acceptors (Lipinski definition) is 7. The van der Waals surface area contributed by atoms with Gasteiger partial charge in [-0.2, -0.15) is 4.98 Å². The highest BCUT2D eigenvalue weighted by Crippen LogP contribution is 2.21. The summed E-state index contributed by atoms with van der Waals surface area (Å²) < 4.78 is 7.23. The van der Waals surface area contributed by atoms with Crippen molar-refractivity contribution in [1.29, 1.82) is 0 Å². The van der Waals surface area contributed by atoms with Gasteiger partial charge in [0.15, 0.2) is 5.16 Å². The number of aryl methyl sites for hydroxylation is 2. The average Bonchev–Trinajstić information content (AvgIpc) is 3.38. The van der Waals surface area contributed by atoms with Crippen LogP contribution in [0.4, 0.5) is 0 Å². The van der Waals surface area contributed by atoms with Crippen molar-refractivity contribution in [3.05, 3.63) is 101 Å². The summed E-state index contributed by atoms with van der Waals surface area (Å²) in [6.45, 7) is 0.632. The van der Waals surface area contributed by atoms with Crippen LogP contribution < -0.4 is 5.56 Å². The van der Waals surface area contributed by atoms with Crippen molar-refractivity contribution in [3.63, 3.8) is 0 Å². The number of hydrogen-bond donors (Lipinski definition) is 0. The Kier molecular flexibility index (Phi) is 7.29. The molecule has 2 aromatic carbocycles. The Morgan fingerprint density at radius 3 is 2.51 bits per heavy atom. The Balaban J connectivity index is 1.25. The second-order valence-electron chi connectivity index (χ2n) is 8.16. The molecule has 0 radical (unpaired) electrons. The van der Waals surface area contributed by atoms with Gasteiger partial charge >= 0.3 is 0 Å². The van der Waals surface area contributed by atoms with Gasteiger partial charge in [0.1, 0.15) is 0 Å². The second-order valence-corrected chi connectivity index (χ2v) is 9.22. The van der Waals surface area contributed by atoms with Crippen LogP contribution in [0, 0.1) is 0 Å². The summed E-state index contributed by atoms with van der Waals surface area (Å²) in [5.74, 6) is 1.96. The first kappa shape index (κ1) is 23.0. The maximum Gasteiger partial charge on any atom is 0.262 e. The SMILES string of the molecule is O=c1c2ccccc2nc(SCCCc2nc(-c3ccncc3)no2)n1CCCc1ccccc1. The van der Waals surface area contributed by atoms with E-state index < -0.39 is 0 Å². The fraction of sp³-hybridized carbons (Fsp3) is 0.222. The lowest BCUT2D eigenvalue weighted by Crippen LogP contribution is -2.24. The number of fused-ring (bicyclic) bond motifs is 1. The summed E-state index contributed by atoms with van der Waals surface area (Å²) in [5.41, 5.74) is 2.90. The van der Waals surface area contributed by atoms with E-state index in [-0.39, 0.29) is 5.56 Å². The molecule has 0 aliphatic heterocycles. The van der Waals surface area contributed by atoms with Crippen molar-refractivity contribution in [2.45, 2.75) is 37.4 Å². The molecule has 7 nitrogen and oxygen atoms in total. The van der Waals surface area contributed by atoms with E-state index in [1.165, 1.54) is 5.56 Å². The molecule has 176 valence electrons. The van der Waals surface area contributed by atoms with Crippen LogP contribution in [-0.4, -0.2) is 30.4 Å². The van der Waals surface area contributed by atoms with E-state index in [1.807, 2.05) is 59.2 Å². The van der Waals surface area contributed by atoms with Crippen molar-refractivity contribution in [1.82, 2.24) is 24.7 Å². The van der Waals surface area contributed by atoms with Crippen molar-refractivity contribution >= 4 is 22.7 Å². The molecule has 0 N–H and O–H groups in total. The number of rotatable bonds is 10. The van der Waals surface area contributed by atoms with Crippen LogP contribution >= 0.6 is 11.8 Å². The lowest BCUT2D eigenvalue weighted by Gasteiger charge is -2.13. The largest absolute Gasteiger partial charge is 0.339 e. The summed E-state index contributed by atoms with van der Waals surface area (Å²) in [6, 6.07) is 21.6. The van der Waals surface area contributed by atoms with Gasteiger partial charge in [0.05, 0.1) is 10.9 Å². The summed E-state index contributed by atoms with van der Waals surface area (Å²) in [4.78, 5) is 26.6. The molecule has 0 saturated heterocycles. The molecule has 0 amide bonds. The van der Waals surface area contributed by atoms with E-state index in [1.54, 1.807) is 24.2 Å². The number of thioether (sulfide) groups is 1. The lowest BCUT2D eigenvalue weighted by molar-refractivity contribution is 0.378. The van der Waals surface area contributed by atoms with Crippen LogP contribution in [0.1, 0.15) is 24.3 Å². The Hall–Kier alpha value is -3.78. The zero-order chi connectivity index (χ0) is 23.9. The molecule has 0 aliphatic rings. The minimum atomic E-state index is 0.0186. The summed E-state index contributed by atoms with van der Waals surface area (Å²) in [6.07, 6.45) is 6.70. The first-order valence-corrected chi connectivity index (χ1v) is 12.7. The van der Waals surface area contributed by atoms with E-state index in [4.69, 9.17) is 9.51 Å². The van der Waals surface area contributed by atoms with Gasteiger partial charge in [-0.1, -0.05) is 59.4 Å². The second kappa shape index (κ2) is 11.1. The van der Waals surface area contributed by atoms with Crippen molar-refractivity contribution in [2.24, 2.45) is 0 Å². The highest BCUT2D eigenvalue weighted by atomic mass is 32.2. The third-order valence-corrected chi connectivity index (χ3v) is 6.75. The highest BCUT2D eigenvalue weighted by molar-refractivity contribution is 7.99. The third kappa shape index (κ3) is 5.66. The Labute approximate surface area is 207 Å². The molecule has 35 heavy (non-hydrogen) atoms. The van der Waals surface area contributed by atoms with Gasteiger partial charge in [-0.25, -0.2) is 4.98 Å². The normalized spacial score (nSPS) is 11.2. The molecular formula is C27H25N5O2S. The zero-order valence-corrected chi connectivity index (χ0v) is 20.0. The molecule has 0 aliphatic carbocycles.